The second kappa shape index (κ2) is 8.33. The van der Waals surface area contributed by atoms with Gasteiger partial charge in [-0.2, -0.15) is 0 Å². The first-order valence-electron chi connectivity index (χ1n) is 9.88. The van der Waals surface area contributed by atoms with Crippen LogP contribution in [0.15, 0.2) is 55.1 Å². The van der Waals surface area contributed by atoms with Crippen molar-refractivity contribution in [1.82, 2.24) is 24.4 Å². The number of hydrogen-bond acceptors (Lipinski definition) is 4. The van der Waals surface area contributed by atoms with Crippen molar-refractivity contribution < 1.29 is 4.79 Å². The molecule has 0 bridgehead atoms. The molecule has 1 aliphatic heterocycles. The van der Waals surface area contributed by atoms with E-state index in [4.69, 9.17) is 4.98 Å². The van der Waals surface area contributed by atoms with Crippen LogP contribution in [0.4, 0.5) is 0 Å². The zero-order valence-electron chi connectivity index (χ0n) is 16.2. The van der Waals surface area contributed by atoms with Crippen molar-refractivity contribution in [1.29, 1.82) is 0 Å². The molecule has 1 unspecified atom stereocenters. The van der Waals surface area contributed by atoms with E-state index in [1.807, 2.05) is 40.8 Å². The van der Waals surface area contributed by atoms with E-state index in [2.05, 4.69) is 22.1 Å². The molecule has 0 spiro atoms. The summed E-state index contributed by atoms with van der Waals surface area (Å²) in [5, 5.41) is 0. The second-order valence-corrected chi connectivity index (χ2v) is 7.23. The average molecular weight is 375 g/mol. The summed E-state index contributed by atoms with van der Waals surface area (Å²) in [6.07, 6.45) is 11.5. The summed E-state index contributed by atoms with van der Waals surface area (Å²) in [6, 6.07) is 10.3. The summed E-state index contributed by atoms with van der Waals surface area (Å²) < 4.78 is 1.91. The van der Waals surface area contributed by atoms with Crippen LogP contribution in [0.5, 0.6) is 0 Å². The molecule has 28 heavy (non-hydrogen) atoms. The molecule has 144 valence electrons. The van der Waals surface area contributed by atoms with Gasteiger partial charge in [-0.15, -0.1) is 0 Å². The molecule has 6 nitrogen and oxygen atoms in total. The van der Waals surface area contributed by atoms with E-state index in [-0.39, 0.29) is 11.9 Å². The third-order valence-electron chi connectivity index (χ3n) is 5.33. The Morgan fingerprint density at radius 1 is 1.21 bits per heavy atom. The van der Waals surface area contributed by atoms with Gasteiger partial charge in [-0.05, 0) is 38.2 Å². The molecular formula is C22H25N5O. The van der Waals surface area contributed by atoms with Gasteiger partial charge in [-0.25, -0.2) is 9.97 Å². The van der Waals surface area contributed by atoms with E-state index in [9.17, 15) is 4.79 Å². The monoisotopic (exact) mass is 375 g/mol. The van der Waals surface area contributed by atoms with Gasteiger partial charge < -0.3 is 4.90 Å². The van der Waals surface area contributed by atoms with Gasteiger partial charge in [0, 0.05) is 25.4 Å². The highest BCUT2D eigenvalue weighted by molar-refractivity contribution is 5.77. The van der Waals surface area contributed by atoms with Gasteiger partial charge in [0.15, 0.2) is 5.82 Å². The summed E-state index contributed by atoms with van der Waals surface area (Å²) in [7, 11) is 0. The number of imidazole rings is 1. The Morgan fingerprint density at radius 2 is 2.07 bits per heavy atom. The van der Waals surface area contributed by atoms with Gasteiger partial charge in [0.25, 0.3) is 0 Å². The van der Waals surface area contributed by atoms with Crippen molar-refractivity contribution in [3.63, 3.8) is 0 Å². The zero-order chi connectivity index (χ0) is 19.3. The van der Waals surface area contributed by atoms with Crippen molar-refractivity contribution in [2.24, 2.45) is 0 Å². The van der Waals surface area contributed by atoms with Crippen LogP contribution in [0.3, 0.4) is 0 Å². The Hall–Kier alpha value is -3.02. The lowest BCUT2D eigenvalue weighted by molar-refractivity contribution is -0.132. The van der Waals surface area contributed by atoms with E-state index in [0.29, 0.717) is 6.42 Å². The van der Waals surface area contributed by atoms with Crippen LogP contribution in [-0.2, 0) is 11.2 Å². The molecule has 4 rings (SSSR count). The molecule has 1 aromatic carbocycles. The van der Waals surface area contributed by atoms with Gasteiger partial charge in [0.1, 0.15) is 5.82 Å². The smallest absolute Gasteiger partial charge is 0.223 e. The molecule has 3 aromatic rings. The third kappa shape index (κ3) is 3.96. The number of carbonyl (C=O) groups is 1. The molecule has 0 saturated carbocycles. The molecule has 6 heteroatoms. The lowest BCUT2D eigenvalue weighted by Gasteiger charge is -2.24. The van der Waals surface area contributed by atoms with Crippen LogP contribution >= 0.6 is 0 Å². The van der Waals surface area contributed by atoms with Gasteiger partial charge in [0.05, 0.1) is 24.1 Å². The van der Waals surface area contributed by atoms with Crippen molar-refractivity contribution in [3.05, 3.63) is 72.2 Å². The molecular weight excluding hydrogens is 350 g/mol. The highest BCUT2D eigenvalue weighted by Crippen LogP contribution is 2.31. The largest absolute Gasteiger partial charge is 0.334 e. The molecule has 1 fully saturated rings. The fourth-order valence-electron chi connectivity index (χ4n) is 3.87. The fraction of sp³-hybridized carbons (Fsp3) is 0.364. The SMILES string of the molecule is Cc1nccn1-c1cncc(C2CCCN2C(=O)CCCc2ccccc2)n1. The van der Waals surface area contributed by atoms with E-state index >= 15 is 0 Å². The first-order valence-corrected chi connectivity index (χ1v) is 9.88. The molecule has 0 N–H and O–H groups in total. The number of hydrogen-bond donors (Lipinski definition) is 0. The molecule has 0 aliphatic carbocycles. The van der Waals surface area contributed by atoms with Gasteiger partial charge in [-0.3, -0.25) is 14.3 Å². The molecule has 3 heterocycles. The zero-order valence-corrected chi connectivity index (χ0v) is 16.2. The topological polar surface area (TPSA) is 63.9 Å². The molecule has 1 atom stereocenters. The molecule has 1 saturated heterocycles. The Balaban J connectivity index is 1.43. The number of benzene rings is 1. The van der Waals surface area contributed by atoms with Crippen molar-refractivity contribution in [2.45, 2.75) is 45.1 Å². The quantitative estimate of drug-likeness (QED) is 0.660. The normalized spacial score (nSPS) is 16.5. The van der Waals surface area contributed by atoms with E-state index in [0.717, 1.165) is 49.6 Å². The van der Waals surface area contributed by atoms with Gasteiger partial charge >= 0.3 is 0 Å². The average Bonchev–Trinajstić information content (AvgIpc) is 3.38. The molecule has 0 radical (unpaired) electrons. The lowest BCUT2D eigenvalue weighted by atomic mass is 10.1. The molecule has 1 aliphatic rings. The minimum atomic E-state index is 0.0144. The maximum absolute atomic E-state index is 12.8. The summed E-state index contributed by atoms with van der Waals surface area (Å²) in [4.78, 5) is 28.2. The first kappa shape index (κ1) is 18.3. The third-order valence-corrected chi connectivity index (χ3v) is 5.33. The van der Waals surface area contributed by atoms with Crippen LogP contribution in [0.25, 0.3) is 5.82 Å². The predicted octanol–water partition coefficient (Wildman–Crippen LogP) is 3.66. The van der Waals surface area contributed by atoms with Crippen LogP contribution in [0.1, 0.15) is 48.8 Å². The van der Waals surface area contributed by atoms with Gasteiger partial charge in [-0.1, -0.05) is 30.3 Å². The van der Waals surface area contributed by atoms with E-state index in [1.54, 1.807) is 18.6 Å². The van der Waals surface area contributed by atoms with Crippen LogP contribution < -0.4 is 0 Å². The second-order valence-electron chi connectivity index (χ2n) is 7.23. The highest BCUT2D eigenvalue weighted by Gasteiger charge is 2.31. The van der Waals surface area contributed by atoms with Crippen LogP contribution in [-0.4, -0.2) is 36.9 Å². The minimum absolute atomic E-state index is 0.0144. The number of aromatic nitrogens is 4. The number of aryl methyl sites for hydroxylation is 2. The van der Waals surface area contributed by atoms with Crippen molar-refractivity contribution >= 4 is 5.91 Å². The minimum Gasteiger partial charge on any atom is -0.334 e. The van der Waals surface area contributed by atoms with Crippen LogP contribution in [0, 0.1) is 6.92 Å². The Labute approximate surface area is 165 Å². The van der Waals surface area contributed by atoms with Crippen molar-refractivity contribution in [2.75, 3.05) is 6.54 Å². The Kier molecular flexibility index (Phi) is 5.46. The summed E-state index contributed by atoms with van der Waals surface area (Å²) in [5.41, 5.74) is 2.14. The lowest BCUT2D eigenvalue weighted by Crippen LogP contribution is -2.31. The molecule has 1 amide bonds. The predicted molar refractivity (Wildman–Crippen MR) is 107 cm³/mol. The summed E-state index contributed by atoms with van der Waals surface area (Å²) in [6.45, 7) is 2.73. The van der Waals surface area contributed by atoms with E-state index in [1.165, 1.54) is 5.56 Å². The maximum atomic E-state index is 12.8. The maximum Gasteiger partial charge on any atom is 0.223 e. The van der Waals surface area contributed by atoms with Crippen molar-refractivity contribution in [3.8, 4) is 5.82 Å². The fourth-order valence-corrected chi connectivity index (χ4v) is 3.87. The number of carbonyl (C=O) groups excluding carboxylic acids is 1. The number of likely N-dealkylation sites (tertiary alicyclic amines) is 1. The van der Waals surface area contributed by atoms with Gasteiger partial charge in [0.2, 0.25) is 5.91 Å². The molecule has 2 aromatic heterocycles. The first-order chi connectivity index (χ1) is 13.7. The number of nitrogens with zero attached hydrogens (tertiary/aromatic N) is 5. The number of rotatable bonds is 6. The van der Waals surface area contributed by atoms with Crippen LogP contribution in [0.2, 0.25) is 0 Å². The number of amides is 1. The highest BCUT2D eigenvalue weighted by atomic mass is 16.2. The summed E-state index contributed by atoms with van der Waals surface area (Å²) >= 11 is 0. The Bertz CT molecular complexity index is 937. The Morgan fingerprint density at radius 3 is 2.86 bits per heavy atom. The summed E-state index contributed by atoms with van der Waals surface area (Å²) in [5.74, 6) is 1.83. The standard InChI is InChI=1S/C22H25N5O/c1-17-24-12-14-26(17)21-16-23-15-19(25-21)20-10-6-13-27(20)22(28)11-5-9-18-7-3-2-4-8-18/h2-4,7-8,12,14-16,20H,5-6,9-11,13H2,1H3. The van der Waals surface area contributed by atoms with E-state index < -0.39 is 0 Å².